The average Bonchev–Trinajstić information content (AvgIpc) is 2.98. The van der Waals surface area contributed by atoms with Gasteiger partial charge < -0.3 is 18.7 Å². The number of quaternary nitrogens is 1. The quantitative estimate of drug-likeness (QED) is 0.474. The van der Waals surface area contributed by atoms with Crippen molar-refractivity contribution in [3.63, 3.8) is 0 Å². The summed E-state index contributed by atoms with van der Waals surface area (Å²) >= 11 is 0. The average molecular weight is 336 g/mol. The van der Waals surface area contributed by atoms with Crippen LogP contribution in [-0.2, 0) is 9.47 Å². The molecule has 1 fully saturated rings. The van der Waals surface area contributed by atoms with Crippen molar-refractivity contribution in [1.29, 1.82) is 0 Å². The highest BCUT2D eigenvalue weighted by Crippen LogP contribution is 2.28. The second kappa shape index (κ2) is 9.40. The largest absolute Gasteiger partial charge is 0.494 e. The molecule has 0 radical (unpaired) electrons. The molecule has 1 saturated heterocycles. The summed E-state index contributed by atoms with van der Waals surface area (Å²) < 4.78 is 18.5. The van der Waals surface area contributed by atoms with Crippen LogP contribution in [0.5, 0.6) is 5.75 Å². The van der Waals surface area contributed by atoms with Crippen molar-refractivity contribution in [3.05, 3.63) is 29.8 Å². The van der Waals surface area contributed by atoms with Gasteiger partial charge in [0.05, 0.1) is 34.4 Å². The second-order valence-electron chi connectivity index (χ2n) is 7.73. The first-order valence-electron chi connectivity index (χ1n) is 9.28. The van der Waals surface area contributed by atoms with Crippen molar-refractivity contribution in [2.45, 2.75) is 51.4 Å². The molecule has 1 heterocycles. The number of nitrogens with zero attached hydrogens (tertiary/aromatic N) is 1. The van der Waals surface area contributed by atoms with Gasteiger partial charge in [0.15, 0.2) is 6.29 Å². The lowest BCUT2D eigenvalue weighted by molar-refractivity contribution is -0.873. The third kappa shape index (κ3) is 6.80. The Balaban J connectivity index is 1.72. The molecular formula is C20H34NO3+. The Morgan fingerprint density at radius 1 is 1.04 bits per heavy atom. The van der Waals surface area contributed by atoms with Crippen molar-refractivity contribution in [2.75, 3.05) is 40.9 Å². The lowest BCUT2D eigenvalue weighted by Gasteiger charge is -2.26. The third-order valence-corrected chi connectivity index (χ3v) is 4.17. The van der Waals surface area contributed by atoms with Crippen molar-refractivity contribution < 1.29 is 18.7 Å². The van der Waals surface area contributed by atoms with Crippen molar-refractivity contribution in [3.8, 4) is 5.75 Å². The smallest absolute Gasteiger partial charge is 0.184 e. The molecule has 2 rings (SSSR count). The van der Waals surface area contributed by atoms with E-state index in [9.17, 15) is 0 Å². The Hall–Kier alpha value is -1.10. The Labute approximate surface area is 147 Å². The van der Waals surface area contributed by atoms with E-state index in [-0.39, 0.29) is 12.4 Å². The van der Waals surface area contributed by atoms with Gasteiger partial charge in [-0.05, 0) is 18.6 Å². The maximum absolute atomic E-state index is 6.02. The zero-order valence-corrected chi connectivity index (χ0v) is 15.8. The van der Waals surface area contributed by atoms with Crippen LogP contribution in [0.2, 0.25) is 0 Å². The fraction of sp³-hybridized carbons (Fsp3) is 0.700. The molecule has 0 bridgehead atoms. The van der Waals surface area contributed by atoms with Crippen LogP contribution >= 0.6 is 0 Å². The van der Waals surface area contributed by atoms with Crippen LogP contribution in [0.15, 0.2) is 24.3 Å². The Morgan fingerprint density at radius 3 is 2.42 bits per heavy atom. The van der Waals surface area contributed by atoms with Crippen LogP contribution < -0.4 is 4.74 Å². The number of hydrogen-bond acceptors (Lipinski definition) is 3. The lowest BCUT2D eigenvalue weighted by Crippen LogP contribution is -2.42. The topological polar surface area (TPSA) is 27.7 Å². The lowest BCUT2D eigenvalue weighted by atomic mass is 10.2. The molecule has 1 aromatic carbocycles. The number of rotatable bonds is 10. The van der Waals surface area contributed by atoms with E-state index in [0.717, 1.165) is 35.4 Å². The molecule has 0 aliphatic carbocycles. The molecule has 0 spiro atoms. The van der Waals surface area contributed by atoms with Gasteiger partial charge in [0.2, 0.25) is 0 Å². The molecule has 4 heteroatoms. The summed E-state index contributed by atoms with van der Waals surface area (Å²) in [5.41, 5.74) is 1.06. The summed E-state index contributed by atoms with van der Waals surface area (Å²) in [5.74, 6) is 0.926. The Bertz CT molecular complexity index is 467. The van der Waals surface area contributed by atoms with Crippen LogP contribution in [0.4, 0.5) is 0 Å². The minimum Gasteiger partial charge on any atom is -0.494 e. The van der Waals surface area contributed by atoms with Gasteiger partial charge in [-0.2, -0.15) is 0 Å². The highest BCUT2D eigenvalue weighted by molar-refractivity contribution is 5.28. The SMILES string of the molecule is CCCCCCCOc1ccc(C2OCC(C[N+](C)(C)C)O2)cc1. The van der Waals surface area contributed by atoms with Gasteiger partial charge >= 0.3 is 0 Å². The number of unbranched alkanes of at least 4 members (excludes halogenated alkanes) is 4. The van der Waals surface area contributed by atoms with E-state index in [0.29, 0.717) is 6.61 Å². The van der Waals surface area contributed by atoms with Gasteiger partial charge in [-0.1, -0.05) is 44.7 Å². The summed E-state index contributed by atoms with van der Waals surface area (Å²) in [6.45, 7) is 4.65. The van der Waals surface area contributed by atoms with Crippen molar-refractivity contribution >= 4 is 0 Å². The first-order chi connectivity index (χ1) is 11.5. The zero-order valence-electron chi connectivity index (χ0n) is 15.8. The first kappa shape index (κ1) is 19.2. The Morgan fingerprint density at radius 2 is 1.75 bits per heavy atom. The molecule has 4 nitrogen and oxygen atoms in total. The fourth-order valence-electron chi connectivity index (χ4n) is 2.95. The van der Waals surface area contributed by atoms with E-state index in [1.165, 1.54) is 25.7 Å². The maximum atomic E-state index is 6.02. The van der Waals surface area contributed by atoms with E-state index < -0.39 is 0 Å². The molecular weight excluding hydrogens is 302 g/mol. The highest BCUT2D eigenvalue weighted by atomic mass is 16.7. The van der Waals surface area contributed by atoms with Gasteiger partial charge in [-0.15, -0.1) is 0 Å². The molecule has 2 atom stereocenters. The zero-order chi connectivity index (χ0) is 17.4. The van der Waals surface area contributed by atoms with E-state index in [1.807, 2.05) is 24.3 Å². The molecule has 136 valence electrons. The summed E-state index contributed by atoms with van der Waals surface area (Å²) in [5, 5.41) is 0. The minimum absolute atomic E-state index is 0.161. The standard InChI is InChI=1S/C20H34NO3/c1-5-6-7-8-9-14-22-18-12-10-17(11-13-18)20-23-16-19(24-20)15-21(2,3)4/h10-13,19-20H,5-9,14-16H2,1-4H3/q+1. The predicted octanol–water partition coefficient (Wildman–Crippen LogP) is 4.16. The van der Waals surface area contributed by atoms with Crippen LogP contribution in [0.3, 0.4) is 0 Å². The molecule has 24 heavy (non-hydrogen) atoms. The monoisotopic (exact) mass is 336 g/mol. The van der Waals surface area contributed by atoms with Gasteiger partial charge in [0.1, 0.15) is 18.4 Å². The van der Waals surface area contributed by atoms with E-state index in [4.69, 9.17) is 14.2 Å². The normalized spacial score (nSPS) is 21.2. The summed E-state index contributed by atoms with van der Waals surface area (Å²) in [6, 6.07) is 8.12. The summed E-state index contributed by atoms with van der Waals surface area (Å²) in [6.07, 6.45) is 6.21. The summed E-state index contributed by atoms with van der Waals surface area (Å²) in [7, 11) is 6.52. The van der Waals surface area contributed by atoms with E-state index >= 15 is 0 Å². The first-order valence-corrected chi connectivity index (χ1v) is 9.28. The molecule has 2 unspecified atom stereocenters. The molecule has 1 aromatic rings. The van der Waals surface area contributed by atoms with Gasteiger partial charge in [-0.3, -0.25) is 0 Å². The van der Waals surface area contributed by atoms with E-state index in [1.54, 1.807) is 0 Å². The van der Waals surface area contributed by atoms with Gasteiger partial charge in [-0.25, -0.2) is 0 Å². The number of benzene rings is 1. The van der Waals surface area contributed by atoms with Crippen LogP contribution in [0, 0.1) is 0 Å². The number of hydrogen-bond donors (Lipinski definition) is 0. The fourth-order valence-corrected chi connectivity index (χ4v) is 2.95. The third-order valence-electron chi connectivity index (χ3n) is 4.17. The van der Waals surface area contributed by atoms with Crippen LogP contribution in [0.25, 0.3) is 0 Å². The van der Waals surface area contributed by atoms with Crippen molar-refractivity contribution in [1.82, 2.24) is 0 Å². The Kier molecular flexibility index (Phi) is 7.53. The van der Waals surface area contributed by atoms with Crippen LogP contribution in [-0.4, -0.2) is 51.5 Å². The summed E-state index contributed by atoms with van der Waals surface area (Å²) in [4.78, 5) is 0. The minimum atomic E-state index is -0.246. The maximum Gasteiger partial charge on any atom is 0.184 e. The molecule has 1 aliphatic rings. The second-order valence-corrected chi connectivity index (χ2v) is 7.73. The predicted molar refractivity (Wildman–Crippen MR) is 97.2 cm³/mol. The van der Waals surface area contributed by atoms with Crippen LogP contribution in [0.1, 0.15) is 50.9 Å². The van der Waals surface area contributed by atoms with E-state index in [2.05, 4.69) is 28.1 Å². The molecule has 0 amide bonds. The van der Waals surface area contributed by atoms with Crippen molar-refractivity contribution in [2.24, 2.45) is 0 Å². The number of ether oxygens (including phenoxy) is 3. The number of likely N-dealkylation sites (N-methyl/N-ethyl adjacent to an activating group) is 1. The molecule has 0 aromatic heterocycles. The molecule has 1 aliphatic heterocycles. The van der Waals surface area contributed by atoms with Gasteiger partial charge in [0, 0.05) is 5.56 Å². The molecule has 0 saturated carbocycles. The highest BCUT2D eigenvalue weighted by Gasteiger charge is 2.31. The van der Waals surface area contributed by atoms with Gasteiger partial charge in [0.25, 0.3) is 0 Å². The molecule has 0 N–H and O–H groups in total.